The molecule has 5 nitrogen and oxygen atoms in total. The number of aliphatic carboxylic acids is 1. The molecule has 3 N–H and O–H groups in total. The number of hydrogen-bond acceptors (Lipinski definition) is 2. The lowest BCUT2D eigenvalue weighted by Crippen LogP contribution is -2.59. The van der Waals surface area contributed by atoms with Crippen molar-refractivity contribution >= 4 is 12.0 Å². The quantitative estimate of drug-likeness (QED) is 0.730. The van der Waals surface area contributed by atoms with Crippen LogP contribution >= 0.6 is 0 Å². The van der Waals surface area contributed by atoms with Crippen molar-refractivity contribution in [1.29, 1.82) is 0 Å². The van der Waals surface area contributed by atoms with Crippen LogP contribution in [0.15, 0.2) is 0 Å². The van der Waals surface area contributed by atoms with Gasteiger partial charge in [-0.05, 0) is 56.3 Å². The van der Waals surface area contributed by atoms with Gasteiger partial charge in [0.15, 0.2) is 0 Å². The molecule has 5 heteroatoms. The van der Waals surface area contributed by atoms with Crippen molar-refractivity contribution < 1.29 is 14.7 Å². The summed E-state index contributed by atoms with van der Waals surface area (Å²) in [6, 6.07) is -0.327. The topological polar surface area (TPSA) is 78.4 Å². The number of nitrogens with one attached hydrogen (secondary N) is 2. The molecule has 2 aliphatic carbocycles. The molecule has 2 saturated carbocycles. The highest BCUT2D eigenvalue weighted by Crippen LogP contribution is 2.43. The maximum absolute atomic E-state index is 12.1. The van der Waals surface area contributed by atoms with Gasteiger partial charge in [-0.3, -0.25) is 0 Å². The molecule has 0 atom stereocenters. The summed E-state index contributed by atoms with van der Waals surface area (Å²) in [4.78, 5) is 23.7. The van der Waals surface area contributed by atoms with Gasteiger partial charge in [-0.2, -0.15) is 0 Å². The van der Waals surface area contributed by atoms with Crippen LogP contribution in [-0.2, 0) is 4.79 Å². The Kier molecular flexibility index (Phi) is 4.79. The molecule has 0 unspecified atom stereocenters. The van der Waals surface area contributed by atoms with E-state index >= 15 is 0 Å². The van der Waals surface area contributed by atoms with E-state index in [4.69, 9.17) is 0 Å². The van der Waals surface area contributed by atoms with Crippen molar-refractivity contribution in [2.45, 2.75) is 70.8 Å². The first-order chi connectivity index (χ1) is 9.91. The molecule has 0 saturated heterocycles. The molecular formula is C16H28N2O3. The van der Waals surface area contributed by atoms with E-state index in [-0.39, 0.29) is 11.4 Å². The molecule has 2 amide bonds. The van der Waals surface area contributed by atoms with Gasteiger partial charge in [-0.15, -0.1) is 0 Å². The van der Waals surface area contributed by atoms with Crippen LogP contribution in [0.2, 0.25) is 0 Å². The molecule has 0 aliphatic heterocycles. The van der Waals surface area contributed by atoms with E-state index in [9.17, 15) is 14.7 Å². The second kappa shape index (κ2) is 6.24. The molecule has 21 heavy (non-hydrogen) atoms. The highest BCUT2D eigenvalue weighted by atomic mass is 16.4. The molecule has 2 fully saturated rings. The minimum atomic E-state index is -1.07. The number of carbonyl (C=O) groups excluding carboxylic acids is 1. The summed E-state index contributed by atoms with van der Waals surface area (Å²) in [5, 5.41) is 15.2. The first kappa shape index (κ1) is 16.1. The second-order valence-corrected chi connectivity index (χ2v) is 7.08. The summed E-state index contributed by atoms with van der Waals surface area (Å²) in [6.45, 7) is 4.94. The molecule has 0 radical (unpaired) electrons. The second-order valence-electron chi connectivity index (χ2n) is 7.08. The normalized spacial score (nSPS) is 31.0. The summed E-state index contributed by atoms with van der Waals surface area (Å²) in [7, 11) is 0. The predicted molar refractivity (Wildman–Crippen MR) is 81.1 cm³/mol. The van der Waals surface area contributed by atoms with Gasteiger partial charge < -0.3 is 15.7 Å². The SMILES string of the molecule is CCC1(CNC(=O)NC2(C(=O)O)CCC(C)CC2)CCC1. The highest BCUT2D eigenvalue weighted by molar-refractivity contribution is 5.86. The summed E-state index contributed by atoms with van der Waals surface area (Å²) >= 11 is 0. The number of urea groups is 1. The van der Waals surface area contributed by atoms with E-state index in [0.29, 0.717) is 25.3 Å². The molecule has 0 aromatic carbocycles. The number of rotatable bonds is 5. The molecule has 0 heterocycles. The number of amides is 2. The van der Waals surface area contributed by atoms with Crippen LogP contribution in [0.5, 0.6) is 0 Å². The zero-order chi connectivity index (χ0) is 15.5. The van der Waals surface area contributed by atoms with E-state index in [1.54, 1.807) is 0 Å². The van der Waals surface area contributed by atoms with Crippen molar-refractivity contribution in [3.05, 3.63) is 0 Å². The summed E-state index contributed by atoms with van der Waals surface area (Å²) in [5.74, 6) is -0.362. The average molecular weight is 296 g/mol. The van der Waals surface area contributed by atoms with Gasteiger partial charge in [0.2, 0.25) is 0 Å². The molecule has 2 aliphatic rings. The first-order valence-electron chi connectivity index (χ1n) is 8.21. The van der Waals surface area contributed by atoms with Crippen molar-refractivity contribution in [3.63, 3.8) is 0 Å². The Morgan fingerprint density at radius 3 is 2.24 bits per heavy atom. The molecule has 0 aromatic heterocycles. The van der Waals surface area contributed by atoms with Gasteiger partial charge in [0, 0.05) is 6.54 Å². The Morgan fingerprint density at radius 2 is 1.81 bits per heavy atom. The van der Waals surface area contributed by atoms with Gasteiger partial charge in [0.05, 0.1) is 0 Å². The first-order valence-corrected chi connectivity index (χ1v) is 8.21. The largest absolute Gasteiger partial charge is 0.480 e. The van der Waals surface area contributed by atoms with Crippen molar-refractivity contribution in [2.75, 3.05) is 6.54 Å². The number of carboxylic acid groups (broad SMARTS) is 1. The minimum Gasteiger partial charge on any atom is -0.480 e. The van der Waals surface area contributed by atoms with Crippen LogP contribution in [0.25, 0.3) is 0 Å². The van der Waals surface area contributed by atoms with E-state index in [1.165, 1.54) is 6.42 Å². The number of hydrogen-bond donors (Lipinski definition) is 3. The molecule has 2 rings (SSSR count). The summed E-state index contributed by atoms with van der Waals surface area (Å²) in [5.41, 5.74) is -0.829. The maximum atomic E-state index is 12.1. The minimum absolute atomic E-state index is 0.245. The summed E-state index contributed by atoms with van der Waals surface area (Å²) in [6.07, 6.45) is 7.36. The van der Waals surface area contributed by atoms with Crippen LogP contribution in [0, 0.1) is 11.3 Å². The van der Waals surface area contributed by atoms with Gasteiger partial charge in [-0.25, -0.2) is 9.59 Å². The van der Waals surface area contributed by atoms with Gasteiger partial charge >= 0.3 is 12.0 Å². The lowest BCUT2D eigenvalue weighted by atomic mass is 9.67. The fourth-order valence-corrected chi connectivity index (χ4v) is 3.51. The molecular weight excluding hydrogens is 268 g/mol. The Morgan fingerprint density at radius 1 is 1.19 bits per heavy atom. The molecule has 0 spiro atoms. The maximum Gasteiger partial charge on any atom is 0.329 e. The third kappa shape index (κ3) is 3.50. The smallest absolute Gasteiger partial charge is 0.329 e. The van der Waals surface area contributed by atoms with Crippen molar-refractivity contribution in [2.24, 2.45) is 11.3 Å². The predicted octanol–water partition coefficient (Wildman–Crippen LogP) is 2.90. The zero-order valence-electron chi connectivity index (χ0n) is 13.2. The highest BCUT2D eigenvalue weighted by Gasteiger charge is 2.43. The fourth-order valence-electron chi connectivity index (χ4n) is 3.51. The van der Waals surface area contributed by atoms with Crippen LogP contribution in [0.4, 0.5) is 4.79 Å². The molecule has 120 valence electrons. The Balaban J connectivity index is 1.88. The molecule has 0 aromatic rings. The van der Waals surface area contributed by atoms with Crippen LogP contribution in [0.1, 0.15) is 65.2 Å². The van der Waals surface area contributed by atoms with E-state index < -0.39 is 11.5 Å². The lowest BCUT2D eigenvalue weighted by Gasteiger charge is -2.42. The average Bonchev–Trinajstić information content (AvgIpc) is 2.41. The lowest BCUT2D eigenvalue weighted by molar-refractivity contribution is -0.146. The third-order valence-corrected chi connectivity index (χ3v) is 5.68. The van der Waals surface area contributed by atoms with Crippen LogP contribution in [0.3, 0.4) is 0 Å². The Bertz CT molecular complexity index is 391. The summed E-state index contributed by atoms with van der Waals surface area (Å²) < 4.78 is 0. The van der Waals surface area contributed by atoms with Crippen LogP contribution in [-0.4, -0.2) is 29.2 Å². The number of carbonyl (C=O) groups is 2. The van der Waals surface area contributed by atoms with Gasteiger partial charge in [-0.1, -0.05) is 20.3 Å². The van der Waals surface area contributed by atoms with E-state index in [0.717, 1.165) is 32.1 Å². The zero-order valence-corrected chi connectivity index (χ0v) is 13.2. The third-order valence-electron chi connectivity index (χ3n) is 5.68. The monoisotopic (exact) mass is 296 g/mol. The van der Waals surface area contributed by atoms with Gasteiger partial charge in [0.25, 0.3) is 0 Å². The fraction of sp³-hybridized carbons (Fsp3) is 0.875. The van der Waals surface area contributed by atoms with E-state index in [1.807, 2.05) is 0 Å². The van der Waals surface area contributed by atoms with Crippen molar-refractivity contribution in [1.82, 2.24) is 10.6 Å². The van der Waals surface area contributed by atoms with E-state index in [2.05, 4.69) is 24.5 Å². The molecule has 0 bridgehead atoms. The Hall–Kier alpha value is -1.26. The van der Waals surface area contributed by atoms with Crippen LogP contribution < -0.4 is 10.6 Å². The standard InChI is InChI=1S/C16H28N2O3/c1-3-15(7-4-8-15)11-17-14(21)18-16(13(19)20)9-5-12(2)6-10-16/h12H,3-11H2,1-2H3,(H,19,20)(H2,17,18,21). The Labute approximate surface area is 126 Å². The van der Waals surface area contributed by atoms with Gasteiger partial charge in [0.1, 0.15) is 5.54 Å². The van der Waals surface area contributed by atoms with Crippen molar-refractivity contribution in [3.8, 4) is 0 Å². The number of carboxylic acids is 1.